The maximum absolute atomic E-state index is 2.40. The molecule has 0 heterocycles. The van der Waals surface area contributed by atoms with Crippen molar-refractivity contribution in [2.75, 3.05) is 0 Å². The van der Waals surface area contributed by atoms with Crippen LogP contribution in [0.5, 0.6) is 0 Å². The first-order chi connectivity index (χ1) is 11.5. The molecule has 0 spiro atoms. The third-order valence-corrected chi connectivity index (χ3v) is 5.15. The van der Waals surface area contributed by atoms with Gasteiger partial charge < -0.3 is 0 Å². The van der Waals surface area contributed by atoms with Crippen LogP contribution in [0, 0.1) is 0 Å². The molecule has 0 unspecified atom stereocenters. The predicted octanol–water partition coefficient (Wildman–Crippen LogP) is 7.39. The first-order valence-electron chi connectivity index (χ1n) is 8.93. The summed E-state index contributed by atoms with van der Waals surface area (Å²) in [6, 6.07) is 22.8. The lowest BCUT2D eigenvalue weighted by Crippen LogP contribution is -1.95. The van der Waals surface area contributed by atoms with Crippen LogP contribution in [0.15, 0.2) is 60.7 Å². The van der Waals surface area contributed by atoms with E-state index in [-0.39, 0.29) is 0 Å². The van der Waals surface area contributed by atoms with E-state index in [1.54, 1.807) is 0 Å². The van der Waals surface area contributed by atoms with E-state index >= 15 is 0 Å². The quantitative estimate of drug-likeness (QED) is 0.338. The van der Waals surface area contributed by atoms with Gasteiger partial charge in [0.2, 0.25) is 0 Å². The average Bonchev–Trinajstić information content (AvgIpc) is 2.56. The first kappa shape index (κ1) is 15.2. The number of fused-ring (bicyclic) bond motifs is 3. The third kappa shape index (κ3) is 2.38. The van der Waals surface area contributed by atoms with Crippen molar-refractivity contribution in [3.8, 4) is 0 Å². The summed E-state index contributed by atoms with van der Waals surface area (Å²) in [5, 5.41) is 8.14. The summed E-state index contributed by atoms with van der Waals surface area (Å²) in [4.78, 5) is 0. The lowest BCUT2D eigenvalue weighted by molar-refractivity contribution is 0.859. The van der Waals surface area contributed by atoms with Crippen molar-refractivity contribution in [3.05, 3.63) is 71.8 Å². The highest BCUT2D eigenvalue weighted by Gasteiger charge is 2.12. The van der Waals surface area contributed by atoms with Gasteiger partial charge in [0.05, 0.1) is 0 Å². The highest BCUT2D eigenvalue weighted by atomic mass is 14.2. The van der Waals surface area contributed by atoms with Crippen LogP contribution in [-0.4, -0.2) is 0 Å². The SMILES string of the molecule is CC(C)c1ccc(C(C)C)c2cc3cc4ccccc4cc3cc12. The van der Waals surface area contributed by atoms with Crippen LogP contribution in [0.4, 0.5) is 0 Å². The molecule has 24 heavy (non-hydrogen) atoms. The molecule has 0 aliphatic rings. The Morgan fingerprint density at radius 2 is 0.917 bits per heavy atom. The second-order valence-electron chi connectivity index (χ2n) is 7.50. The monoisotopic (exact) mass is 312 g/mol. The Labute approximate surface area is 144 Å². The zero-order valence-electron chi connectivity index (χ0n) is 14.9. The molecule has 4 aromatic rings. The zero-order valence-corrected chi connectivity index (χ0v) is 14.9. The minimum absolute atomic E-state index is 0.534. The molecule has 0 aliphatic carbocycles. The lowest BCUT2D eigenvalue weighted by atomic mass is 9.87. The Kier molecular flexibility index (Phi) is 3.57. The average molecular weight is 312 g/mol. The van der Waals surface area contributed by atoms with Crippen molar-refractivity contribution >= 4 is 32.3 Å². The van der Waals surface area contributed by atoms with Crippen LogP contribution in [0.1, 0.15) is 50.7 Å². The topological polar surface area (TPSA) is 0 Å². The van der Waals surface area contributed by atoms with Crippen LogP contribution in [-0.2, 0) is 0 Å². The molecule has 0 aromatic heterocycles. The molecule has 0 saturated carbocycles. The molecule has 4 rings (SSSR count). The van der Waals surface area contributed by atoms with Gasteiger partial charge in [0.25, 0.3) is 0 Å². The predicted molar refractivity (Wildman–Crippen MR) is 107 cm³/mol. The smallest absolute Gasteiger partial charge is 0.0140 e. The van der Waals surface area contributed by atoms with E-state index in [1.807, 2.05) is 0 Å². The van der Waals surface area contributed by atoms with Crippen LogP contribution in [0.25, 0.3) is 32.3 Å². The van der Waals surface area contributed by atoms with Crippen LogP contribution in [0.2, 0.25) is 0 Å². The van der Waals surface area contributed by atoms with Gasteiger partial charge in [-0.1, -0.05) is 64.1 Å². The van der Waals surface area contributed by atoms with Gasteiger partial charge in [-0.15, -0.1) is 0 Å². The summed E-state index contributed by atoms with van der Waals surface area (Å²) in [7, 11) is 0. The zero-order chi connectivity index (χ0) is 16.8. The van der Waals surface area contributed by atoms with Crippen molar-refractivity contribution in [3.63, 3.8) is 0 Å². The van der Waals surface area contributed by atoms with Gasteiger partial charge >= 0.3 is 0 Å². The number of rotatable bonds is 2. The van der Waals surface area contributed by atoms with E-state index in [4.69, 9.17) is 0 Å². The summed E-state index contributed by atoms with van der Waals surface area (Å²) in [6.07, 6.45) is 0. The Morgan fingerprint density at radius 3 is 1.29 bits per heavy atom. The largest absolute Gasteiger partial charge is 0.0616 e. The highest BCUT2D eigenvalue weighted by Crippen LogP contribution is 2.35. The third-order valence-electron chi connectivity index (χ3n) is 5.15. The molecule has 4 aromatic carbocycles. The molecule has 0 aliphatic heterocycles. The van der Waals surface area contributed by atoms with E-state index in [0.717, 1.165) is 0 Å². The second kappa shape index (κ2) is 5.63. The van der Waals surface area contributed by atoms with Crippen molar-refractivity contribution < 1.29 is 0 Å². The highest BCUT2D eigenvalue weighted by molar-refractivity contribution is 6.06. The number of benzene rings is 4. The fourth-order valence-electron chi connectivity index (χ4n) is 3.84. The van der Waals surface area contributed by atoms with Crippen LogP contribution in [0.3, 0.4) is 0 Å². The summed E-state index contributed by atoms with van der Waals surface area (Å²) in [5.74, 6) is 1.07. The summed E-state index contributed by atoms with van der Waals surface area (Å²) < 4.78 is 0. The van der Waals surface area contributed by atoms with Gasteiger partial charge in [-0.25, -0.2) is 0 Å². The van der Waals surface area contributed by atoms with Crippen LogP contribution < -0.4 is 0 Å². The van der Waals surface area contributed by atoms with Gasteiger partial charge in [-0.2, -0.15) is 0 Å². The lowest BCUT2D eigenvalue weighted by Gasteiger charge is -2.17. The molecule has 0 radical (unpaired) electrons. The Hall–Kier alpha value is -2.34. The van der Waals surface area contributed by atoms with Gasteiger partial charge in [0.15, 0.2) is 0 Å². The molecule has 0 atom stereocenters. The molecule has 0 saturated heterocycles. The summed E-state index contributed by atoms with van der Waals surface area (Å²) in [6.45, 7) is 9.14. The van der Waals surface area contributed by atoms with E-state index in [2.05, 4.69) is 88.4 Å². The van der Waals surface area contributed by atoms with E-state index in [1.165, 1.54) is 43.4 Å². The van der Waals surface area contributed by atoms with Crippen molar-refractivity contribution in [1.29, 1.82) is 0 Å². The first-order valence-corrected chi connectivity index (χ1v) is 8.93. The molecule has 0 N–H and O–H groups in total. The number of hydrogen-bond acceptors (Lipinski definition) is 0. The molecule has 0 fully saturated rings. The molecular formula is C24H24. The minimum Gasteiger partial charge on any atom is -0.0616 e. The molecule has 0 bridgehead atoms. The molecule has 0 nitrogen and oxygen atoms in total. The van der Waals surface area contributed by atoms with E-state index in [0.29, 0.717) is 11.8 Å². The fraction of sp³-hybridized carbons (Fsp3) is 0.250. The number of hydrogen-bond donors (Lipinski definition) is 0. The summed E-state index contributed by atoms with van der Waals surface area (Å²) >= 11 is 0. The van der Waals surface area contributed by atoms with E-state index in [9.17, 15) is 0 Å². The maximum atomic E-state index is 2.40. The summed E-state index contributed by atoms with van der Waals surface area (Å²) in [5.41, 5.74) is 2.90. The fourth-order valence-corrected chi connectivity index (χ4v) is 3.84. The second-order valence-corrected chi connectivity index (χ2v) is 7.50. The molecule has 120 valence electrons. The van der Waals surface area contributed by atoms with Gasteiger partial charge in [0.1, 0.15) is 0 Å². The Bertz CT molecular complexity index is 966. The molecular weight excluding hydrogens is 288 g/mol. The van der Waals surface area contributed by atoms with Crippen molar-refractivity contribution in [1.82, 2.24) is 0 Å². The van der Waals surface area contributed by atoms with Crippen LogP contribution >= 0.6 is 0 Å². The van der Waals surface area contributed by atoms with Crippen molar-refractivity contribution in [2.24, 2.45) is 0 Å². The van der Waals surface area contributed by atoms with Gasteiger partial charge in [-0.3, -0.25) is 0 Å². The van der Waals surface area contributed by atoms with Gasteiger partial charge in [-0.05, 0) is 79.5 Å². The molecule has 0 heteroatoms. The minimum atomic E-state index is 0.534. The Balaban J connectivity index is 2.15. The standard InChI is InChI=1S/C24H24/c1-15(2)21-9-10-22(16(3)4)24-14-20-12-18-8-6-5-7-17(18)11-19(20)13-23(21)24/h5-16H,1-4H3. The maximum Gasteiger partial charge on any atom is -0.0140 e. The van der Waals surface area contributed by atoms with Gasteiger partial charge in [0, 0.05) is 0 Å². The van der Waals surface area contributed by atoms with Crippen molar-refractivity contribution in [2.45, 2.75) is 39.5 Å². The van der Waals surface area contributed by atoms with E-state index < -0.39 is 0 Å². The normalized spacial score (nSPS) is 12.1. The molecule has 0 amide bonds. The Morgan fingerprint density at radius 1 is 0.500 bits per heavy atom.